The third kappa shape index (κ3) is 5.23. The van der Waals surface area contributed by atoms with Crippen LogP contribution in [0.25, 0.3) is 0 Å². The van der Waals surface area contributed by atoms with Crippen molar-refractivity contribution in [1.29, 1.82) is 0 Å². The van der Waals surface area contributed by atoms with E-state index in [4.69, 9.17) is 4.74 Å². The molecule has 0 aromatic heterocycles. The number of para-hydroxylation sites is 2. The fourth-order valence-corrected chi connectivity index (χ4v) is 3.23. The number of anilines is 1. The van der Waals surface area contributed by atoms with Crippen molar-refractivity contribution in [3.05, 3.63) is 59.7 Å². The first-order chi connectivity index (χ1) is 12.7. The predicted molar refractivity (Wildman–Crippen MR) is 104 cm³/mol. The second-order valence-electron chi connectivity index (χ2n) is 6.66. The van der Waals surface area contributed by atoms with E-state index >= 15 is 0 Å². The highest BCUT2D eigenvalue weighted by Crippen LogP contribution is 2.22. The number of urea groups is 1. The number of piperidine rings is 1. The Labute approximate surface area is 155 Å². The molecule has 1 aliphatic heterocycles. The Morgan fingerprint density at radius 2 is 1.69 bits per heavy atom. The number of rotatable bonds is 6. The number of ether oxygens (including phenoxy) is 1. The van der Waals surface area contributed by atoms with E-state index in [1.54, 1.807) is 7.11 Å². The molecule has 0 bridgehead atoms. The fourth-order valence-electron chi connectivity index (χ4n) is 3.23. The molecule has 1 heterocycles. The molecule has 2 aromatic rings. The molecule has 26 heavy (non-hydrogen) atoms. The van der Waals surface area contributed by atoms with Gasteiger partial charge in [-0.3, -0.25) is 4.90 Å². The summed E-state index contributed by atoms with van der Waals surface area (Å²) in [5, 5.41) is 5.70. The number of nitrogens with one attached hydrogen (secondary N) is 2. The molecule has 0 spiro atoms. The zero-order valence-corrected chi connectivity index (χ0v) is 15.3. The first-order valence-electron chi connectivity index (χ1n) is 9.22. The van der Waals surface area contributed by atoms with Crippen LogP contribution in [-0.2, 0) is 13.1 Å². The van der Waals surface area contributed by atoms with E-state index < -0.39 is 0 Å². The molecule has 0 saturated carbocycles. The smallest absolute Gasteiger partial charge is 0.319 e. The van der Waals surface area contributed by atoms with Crippen molar-refractivity contribution in [2.75, 3.05) is 25.5 Å². The molecule has 5 heteroatoms. The van der Waals surface area contributed by atoms with E-state index in [1.165, 1.54) is 37.9 Å². The van der Waals surface area contributed by atoms with Gasteiger partial charge in [-0.25, -0.2) is 4.79 Å². The maximum Gasteiger partial charge on any atom is 0.319 e. The number of benzene rings is 2. The highest BCUT2D eigenvalue weighted by Gasteiger charge is 2.10. The van der Waals surface area contributed by atoms with Gasteiger partial charge in [-0.1, -0.05) is 42.8 Å². The molecule has 2 N–H and O–H groups in total. The average molecular weight is 353 g/mol. The molecule has 1 saturated heterocycles. The van der Waals surface area contributed by atoms with Crippen molar-refractivity contribution < 1.29 is 9.53 Å². The first-order valence-corrected chi connectivity index (χ1v) is 9.22. The number of hydrogen-bond acceptors (Lipinski definition) is 3. The van der Waals surface area contributed by atoms with Crippen molar-refractivity contribution >= 4 is 11.7 Å². The van der Waals surface area contributed by atoms with Crippen LogP contribution in [0, 0.1) is 0 Å². The van der Waals surface area contributed by atoms with Crippen LogP contribution < -0.4 is 15.4 Å². The summed E-state index contributed by atoms with van der Waals surface area (Å²) in [6, 6.07) is 15.6. The van der Waals surface area contributed by atoms with Crippen molar-refractivity contribution in [2.24, 2.45) is 0 Å². The van der Waals surface area contributed by atoms with Gasteiger partial charge in [-0.05, 0) is 49.2 Å². The van der Waals surface area contributed by atoms with Crippen LogP contribution in [0.2, 0.25) is 0 Å². The minimum atomic E-state index is -0.244. The average Bonchev–Trinajstić information content (AvgIpc) is 2.69. The lowest BCUT2D eigenvalue weighted by molar-refractivity contribution is 0.221. The minimum absolute atomic E-state index is 0.244. The van der Waals surface area contributed by atoms with Crippen LogP contribution in [0.3, 0.4) is 0 Å². The highest BCUT2D eigenvalue weighted by atomic mass is 16.5. The SMILES string of the molecule is COc1ccccc1NC(=O)NCc1ccc(CN2CCCCC2)cc1. The zero-order chi connectivity index (χ0) is 18.2. The van der Waals surface area contributed by atoms with Gasteiger partial charge >= 0.3 is 6.03 Å². The maximum atomic E-state index is 12.1. The standard InChI is InChI=1S/C21H27N3O2/c1-26-20-8-4-3-7-19(20)23-21(25)22-15-17-9-11-18(12-10-17)16-24-13-5-2-6-14-24/h3-4,7-12H,2,5-6,13-16H2,1H3,(H2,22,23,25). The number of nitrogens with zero attached hydrogens (tertiary/aromatic N) is 1. The first kappa shape index (κ1) is 18.3. The van der Waals surface area contributed by atoms with Crippen LogP contribution in [0.4, 0.5) is 10.5 Å². The topological polar surface area (TPSA) is 53.6 Å². The molecular weight excluding hydrogens is 326 g/mol. The largest absolute Gasteiger partial charge is 0.495 e. The lowest BCUT2D eigenvalue weighted by atomic mass is 10.1. The summed E-state index contributed by atoms with van der Waals surface area (Å²) in [5.74, 6) is 0.643. The minimum Gasteiger partial charge on any atom is -0.495 e. The van der Waals surface area contributed by atoms with E-state index in [-0.39, 0.29) is 6.03 Å². The third-order valence-corrected chi connectivity index (χ3v) is 4.69. The Hall–Kier alpha value is -2.53. The molecule has 3 rings (SSSR count). The predicted octanol–water partition coefficient (Wildman–Crippen LogP) is 4.00. The summed E-state index contributed by atoms with van der Waals surface area (Å²) in [6.07, 6.45) is 3.98. The van der Waals surface area contributed by atoms with Gasteiger partial charge in [0.1, 0.15) is 5.75 Å². The Morgan fingerprint density at radius 3 is 2.42 bits per heavy atom. The van der Waals surface area contributed by atoms with Gasteiger partial charge in [-0.15, -0.1) is 0 Å². The monoisotopic (exact) mass is 353 g/mol. The van der Waals surface area contributed by atoms with Gasteiger partial charge in [0.25, 0.3) is 0 Å². The highest BCUT2D eigenvalue weighted by molar-refractivity contribution is 5.90. The Bertz CT molecular complexity index is 709. The molecule has 0 aliphatic carbocycles. The van der Waals surface area contributed by atoms with Crippen molar-refractivity contribution in [3.8, 4) is 5.75 Å². The van der Waals surface area contributed by atoms with Gasteiger partial charge in [-0.2, -0.15) is 0 Å². The van der Waals surface area contributed by atoms with Crippen LogP contribution in [-0.4, -0.2) is 31.1 Å². The van der Waals surface area contributed by atoms with Gasteiger partial charge in [0.2, 0.25) is 0 Å². The zero-order valence-electron chi connectivity index (χ0n) is 15.3. The Kier molecular flexibility index (Phi) is 6.50. The van der Waals surface area contributed by atoms with Gasteiger partial charge < -0.3 is 15.4 Å². The summed E-state index contributed by atoms with van der Waals surface area (Å²) in [6.45, 7) is 3.91. The molecule has 5 nitrogen and oxygen atoms in total. The number of amides is 2. The molecular formula is C21H27N3O2. The fraction of sp³-hybridized carbons (Fsp3) is 0.381. The second kappa shape index (κ2) is 9.25. The van der Waals surface area contributed by atoms with E-state index in [9.17, 15) is 4.79 Å². The lowest BCUT2D eigenvalue weighted by Crippen LogP contribution is -2.29. The second-order valence-corrected chi connectivity index (χ2v) is 6.66. The number of likely N-dealkylation sites (tertiary alicyclic amines) is 1. The Balaban J connectivity index is 1.47. The summed E-state index contributed by atoms with van der Waals surface area (Å²) in [7, 11) is 1.59. The van der Waals surface area contributed by atoms with Gasteiger partial charge in [0.15, 0.2) is 0 Å². The van der Waals surface area contributed by atoms with Gasteiger partial charge in [0, 0.05) is 13.1 Å². The molecule has 2 amide bonds. The van der Waals surface area contributed by atoms with E-state index in [2.05, 4.69) is 39.8 Å². The van der Waals surface area contributed by atoms with Crippen LogP contribution in [0.1, 0.15) is 30.4 Å². The number of carbonyl (C=O) groups excluding carboxylic acids is 1. The number of carbonyl (C=O) groups is 1. The molecule has 0 radical (unpaired) electrons. The molecule has 0 atom stereocenters. The summed E-state index contributed by atoms with van der Waals surface area (Å²) < 4.78 is 5.24. The molecule has 138 valence electrons. The third-order valence-electron chi connectivity index (χ3n) is 4.69. The van der Waals surface area contributed by atoms with Crippen molar-refractivity contribution in [1.82, 2.24) is 10.2 Å². The summed E-state index contributed by atoms with van der Waals surface area (Å²) in [5.41, 5.74) is 3.07. The van der Waals surface area contributed by atoms with Gasteiger partial charge in [0.05, 0.1) is 12.8 Å². The number of methoxy groups -OCH3 is 1. The van der Waals surface area contributed by atoms with Crippen molar-refractivity contribution in [2.45, 2.75) is 32.4 Å². The van der Waals surface area contributed by atoms with Crippen LogP contribution in [0.5, 0.6) is 5.75 Å². The molecule has 2 aromatic carbocycles. The van der Waals surface area contributed by atoms with E-state index in [1.807, 2.05) is 24.3 Å². The lowest BCUT2D eigenvalue weighted by Gasteiger charge is -2.26. The Morgan fingerprint density at radius 1 is 1.00 bits per heavy atom. The molecule has 1 aliphatic rings. The number of hydrogen-bond donors (Lipinski definition) is 2. The molecule has 1 fully saturated rings. The molecule has 0 unspecified atom stereocenters. The maximum absolute atomic E-state index is 12.1. The normalized spacial score (nSPS) is 14.7. The van der Waals surface area contributed by atoms with Crippen LogP contribution in [0.15, 0.2) is 48.5 Å². The summed E-state index contributed by atoms with van der Waals surface area (Å²) >= 11 is 0. The van der Waals surface area contributed by atoms with Crippen molar-refractivity contribution in [3.63, 3.8) is 0 Å². The van der Waals surface area contributed by atoms with Crippen LogP contribution >= 0.6 is 0 Å². The van der Waals surface area contributed by atoms with E-state index in [0.717, 1.165) is 12.1 Å². The summed E-state index contributed by atoms with van der Waals surface area (Å²) in [4.78, 5) is 14.6. The quantitative estimate of drug-likeness (QED) is 0.825. The van der Waals surface area contributed by atoms with E-state index in [0.29, 0.717) is 18.0 Å².